The summed E-state index contributed by atoms with van der Waals surface area (Å²) in [7, 11) is 0. The minimum atomic E-state index is 0. The van der Waals surface area contributed by atoms with Crippen LogP contribution in [0.15, 0.2) is 0 Å². The van der Waals surface area contributed by atoms with Crippen LogP contribution in [0.25, 0.3) is 0 Å². The van der Waals surface area contributed by atoms with Gasteiger partial charge in [0.15, 0.2) is 0 Å². The van der Waals surface area contributed by atoms with Gasteiger partial charge in [-0.15, -0.1) is 0 Å². The molecule has 0 N–H and O–H groups in total. The average molecular weight is 504 g/mol. The molecule has 0 aliphatic heterocycles. The second kappa shape index (κ2) is 25.7. The van der Waals surface area contributed by atoms with E-state index in [2.05, 4.69) is 0 Å². The van der Waals surface area contributed by atoms with Crippen LogP contribution in [0.3, 0.4) is 0 Å². The summed E-state index contributed by atoms with van der Waals surface area (Å²) in [6.07, 6.45) is 0. The molecule has 0 saturated carbocycles. The van der Waals surface area contributed by atoms with Gasteiger partial charge in [0.25, 0.3) is 0 Å². The largest absolute Gasteiger partial charge is 2.00 e. The number of hydrogen-bond donors (Lipinski definition) is 0. The minimum Gasteiger partial charge on any atom is -0.411 e. The summed E-state index contributed by atoms with van der Waals surface area (Å²) in [6, 6.07) is 0. The van der Waals surface area contributed by atoms with E-state index in [9.17, 15) is 0 Å². The van der Waals surface area contributed by atoms with Gasteiger partial charge in [-0.05, 0) is 27.7 Å². The van der Waals surface area contributed by atoms with E-state index in [0.717, 1.165) is 26.2 Å². The van der Waals surface area contributed by atoms with Gasteiger partial charge >= 0.3 is 46.8 Å². The molecule has 0 aromatic heterocycles. The molecule has 0 fully saturated rings. The van der Waals surface area contributed by atoms with Crippen LogP contribution in [0.1, 0.15) is 27.7 Å². The van der Waals surface area contributed by atoms with Gasteiger partial charge in [-0.25, -0.2) is 0 Å². The Morgan fingerprint density at radius 2 is 0.900 bits per heavy atom. The quantitative estimate of drug-likeness (QED) is 0.249. The van der Waals surface area contributed by atoms with Crippen LogP contribution in [-0.4, -0.2) is 44.6 Å². The SMILES string of the molecule is CCN(CC)C(=S)[S-].CCN(CC)C(=S)[S-].[CH3-].[CH3-].[Cd+2].[Zn+2]. The van der Waals surface area contributed by atoms with E-state index in [4.69, 9.17) is 49.7 Å². The van der Waals surface area contributed by atoms with E-state index in [0.29, 0.717) is 8.64 Å². The summed E-state index contributed by atoms with van der Waals surface area (Å²) < 4.78 is 1.16. The van der Waals surface area contributed by atoms with Crippen molar-refractivity contribution in [2.45, 2.75) is 27.7 Å². The molecule has 0 aromatic rings. The number of rotatable bonds is 4. The zero-order chi connectivity index (χ0) is 13.1. The van der Waals surface area contributed by atoms with Crippen molar-refractivity contribution in [2.24, 2.45) is 0 Å². The molecule has 0 rings (SSSR count). The molecule has 0 saturated heterocycles. The Morgan fingerprint density at radius 1 is 0.750 bits per heavy atom. The van der Waals surface area contributed by atoms with Crippen LogP contribution >= 0.6 is 24.4 Å². The van der Waals surface area contributed by atoms with Crippen molar-refractivity contribution >= 4 is 58.3 Å². The molecule has 0 heterocycles. The van der Waals surface area contributed by atoms with E-state index < -0.39 is 0 Å². The van der Waals surface area contributed by atoms with Crippen molar-refractivity contribution in [3.63, 3.8) is 0 Å². The fourth-order valence-electron chi connectivity index (χ4n) is 0.964. The van der Waals surface area contributed by atoms with E-state index in [1.807, 2.05) is 37.5 Å². The molecule has 20 heavy (non-hydrogen) atoms. The molecule has 0 amide bonds. The second-order valence-electron chi connectivity index (χ2n) is 2.88. The first kappa shape index (κ1) is 37.8. The van der Waals surface area contributed by atoms with Crippen molar-refractivity contribution in [2.75, 3.05) is 26.2 Å². The average Bonchev–Trinajstić information content (AvgIpc) is 2.21. The Kier molecular flexibility index (Phi) is 48.5. The van der Waals surface area contributed by atoms with Crippen molar-refractivity contribution in [3.05, 3.63) is 14.9 Å². The van der Waals surface area contributed by atoms with Crippen molar-refractivity contribution in [1.29, 1.82) is 0 Å². The van der Waals surface area contributed by atoms with Crippen molar-refractivity contribution in [3.8, 4) is 0 Å². The molecule has 0 atom stereocenters. The first-order chi connectivity index (χ1) is 7.44. The fraction of sp³-hybridized carbons (Fsp3) is 0.667. The summed E-state index contributed by atoms with van der Waals surface area (Å²) >= 11 is 19.0. The summed E-state index contributed by atoms with van der Waals surface area (Å²) in [5.41, 5.74) is 0. The molecule has 2 nitrogen and oxygen atoms in total. The van der Waals surface area contributed by atoms with Crippen molar-refractivity contribution < 1.29 is 46.8 Å². The third-order valence-corrected chi connectivity index (χ3v) is 3.08. The van der Waals surface area contributed by atoms with E-state index in [1.165, 1.54) is 0 Å². The molecular formula is C12H26CdN2S4Zn. The summed E-state index contributed by atoms with van der Waals surface area (Å²) in [5.74, 6) is 0. The molecule has 112 valence electrons. The predicted octanol–water partition coefficient (Wildman–Crippen LogP) is 3.22. The molecule has 0 bridgehead atoms. The van der Waals surface area contributed by atoms with Gasteiger partial charge in [0.05, 0.1) is 0 Å². The summed E-state index contributed by atoms with van der Waals surface area (Å²) in [5, 5.41) is 0. The van der Waals surface area contributed by atoms with E-state index >= 15 is 0 Å². The Hall–Kier alpha value is 1.77. The monoisotopic (exact) mass is 504 g/mol. The zero-order valence-electron chi connectivity index (χ0n) is 13.8. The van der Waals surface area contributed by atoms with Gasteiger partial charge in [0, 0.05) is 26.2 Å². The topological polar surface area (TPSA) is 6.48 Å². The Bertz CT molecular complexity index is 192. The second-order valence-corrected chi connectivity index (χ2v) is 4.94. The molecule has 0 aliphatic rings. The summed E-state index contributed by atoms with van der Waals surface area (Å²) in [6.45, 7) is 11.9. The molecule has 0 aliphatic carbocycles. The van der Waals surface area contributed by atoms with Crippen LogP contribution in [0.5, 0.6) is 0 Å². The Morgan fingerprint density at radius 3 is 0.900 bits per heavy atom. The summed E-state index contributed by atoms with van der Waals surface area (Å²) in [4.78, 5) is 3.93. The van der Waals surface area contributed by atoms with Crippen LogP contribution in [0, 0.1) is 14.9 Å². The van der Waals surface area contributed by atoms with Gasteiger partial charge in [0.2, 0.25) is 0 Å². The van der Waals surface area contributed by atoms with Crippen LogP contribution in [0.4, 0.5) is 0 Å². The molecule has 0 spiro atoms. The molecule has 0 radical (unpaired) electrons. The maximum atomic E-state index is 4.76. The third kappa shape index (κ3) is 22.1. The van der Waals surface area contributed by atoms with Crippen molar-refractivity contribution in [1.82, 2.24) is 9.80 Å². The molecule has 0 aromatic carbocycles. The maximum absolute atomic E-state index is 4.76. The maximum Gasteiger partial charge on any atom is 2.00 e. The Balaban J connectivity index is -0.0000000408. The van der Waals surface area contributed by atoms with Gasteiger partial charge in [-0.2, -0.15) is 0 Å². The molecular weight excluding hydrogens is 478 g/mol. The van der Waals surface area contributed by atoms with Gasteiger partial charge in [-0.1, -0.05) is 8.64 Å². The number of hydrogen-bond acceptors (Lipinski definition) is 4. The van der Waals surface area contributed by atoms with Crippen LogP contribution in [0.2, 0.25) is 0 Å². The van der Waals surface area contributed by atoms with Gasteiger partial charge in [0.1, 0.15) is 0 Å². The third-order valence-electron chi connectivity index (χ3n) is 2.04. The molecule has 8 heteroatoms. The predicted molar refractivity (Wildman–Crippen MR) is 98.6 cm³/mol. The number of nitrogens with zero attached hydrogens (tertiary/aromatic N) is 2. The first-order valence-electron chi connectivity index (χ1n) is 5.36. The Labute approximate surface area is 181 Å². The van der Waals surface area contributed by atoms with E-state index in [1.54, 1.807) is 0 Å². The fourth-order valence-corrected chi connectivity index (χ4v) is 2.00. The van der Waals surface area contributed by atoms with Gasteiger partial charge < -0.3 is 74.3 Å². The first-order valence-corrected chi connectivity index (χ1v) is 6.99. The standard InChI is InChI=1S/2C5H11NS2.2CH3.Cd.Zn/c2*1-3-6(4-2)5(7)8;;;;/h2*3-4H2,1-2H3,(H,7,8);2*1H3;;/q;;2*-1;2*+2/p-2. The van der Waals surface area contributed by atoms with E-state index in [-0.39, 0.29) is 61.6 Å². The van der Waals surface area contributed by atoms with Crippen LogP contribution < -0.4 is 0 Å². The minimum absolute atomic E-state index is 0. The smallest absolute Gasteiger partial charge is 0.411 e. The normalized spacial score (nSPS) is 7.00. The number of thiocarbonyl (C=S) groups is 2. The molecule has 0 unspecified atom stereocenters. The van der Waals surface area contributed by atoms with Crippen LogP contribution in [-0.2, 0) is 72.0 Å². The zero-order valence-corrected chi connectivity index (χ0v) is 24.0. The van der Waals surface area contributed by atoms with Gasteiger partial charge in [-0.3, -0.25) is 0 Å².